The first-order valence-corrected chi connectivity index (χ1v) is 13.4. The van der Waals surface area contributed by atoms with Crippen LogP contribution in [0.1, 0.15) is 51.5 Å². The SMILES string of the molecule is C=CCN(C(=O)C1N(CCCCCCO)C(=O)[C@@H]2[C@@H](C(=O)O)[C@]3(C)OC12CC3C)c1c(C)cccc1Cl. The third kappa shape index (κ3) is 4.27. The van der Waals surface area contributed by atoms with E-state index in [0.29, 0.717) is 36.5 Å². The van der Waals surface area contributed by atoms with Crippen LogP contribution in [0.25, 0.3) is 0 Å². The lowest BCUT2D eigenvalue weighted by molar-refractivity contribution is -0.156. The van der Waals surface area contributed by atoms with E-state index in [0.717, 1.165) is 18.4 Å². The summed E-state index contributed by atoms with van der Waals surface area (Å²) in [6, 6.07) is 4.42. The molecule has 0 aliphatic carbocycles. The molecule has 3 unspecified atom stereocenters. The number of aliphatic carboxylic acids is 1. The fraction of sp³-hybridized carbons (Fsp3) is 0.607. The average molecular weight is 533 g/mol. The Bertz CT molecular complexity index is 1070. The van der Waals surface area contributed by atoms with Crippen LogP contribution in [0, 0.1) is 24.7 Å². The van der Waals surface area contributed by atoms with Crippen LogP contribution in [0.3, 0.4) is 0 Å². The predicted octanol–water partition coefficient (Wildman–Crippen LogP) is 3.82. The minimum atomic E-state index is -1.23. The molecule has 0 aromatic heterocycles. The molecule has 202 valence electrons. The van der Waals surface area contributed by atoms with E-state index >= 15 is 0 Å². The van der Waals surface area contributed by atoms with Crippen LogP contribution in [0.5, 0.6) is 0 Å². The summed E-state index contributed by atoms with van der Waals surface area (Å²) in [5.41, 5.74) is -0.921. The zero-order chi connectivity index (χ0) is 27.1. The van der Waals surface area contributed by atoms with Crippen LogP contribution in [0.2, 0.25) is 5.02 Å². The number of likely N-dealkylation sites (tertiary alicyclic amines) is 1. The minimum Gasteiger partial charge on any atom is -0.481 e. The van der Waals surface area contributed by atoms with Crippen molar-refractivity contribution < 1.29 is 29.3 Å². The Hall–Kier alpha value is -2.42. The summed E-state index contributed by atoms with van der Waals surface area (Å²) in [6.45, 7) is 9.98. The lowest BCUT2D eigenvalue weighted by atomic mass is 9.62. The molecule has 3 fully saturated rings. The van der Waals surface area contributed by atoms with E-state index in [1.807, 2.05) is 26.0 Å². The molecule has 37 heavy (non-hydrogen) atoms. The van der Waals surface area contributed by atoms with Crippen LogP contribution in [0.15, 0.2) is 30.9 Å². The molecule has 2 bridgehead atoms. The highest BCUT2D eigenvalue weighted by atomic mass is 35.5. The van der Waals surface area contributed by atoms with Crippen molar-refractivity contribution in [1.82, 2.24) is 4.90 Å². The van der Waals surface area contributed by atoms with Crippen molar-refractivity contribution >= 4 is 35.1 Å². The summed E-state index contributed by atoms with van der Waals surface area (Å²) in [5, 5.41) is 19.7. The number of rotatable bonds is 11. The molecule has 1 aromatic carbocycles. The van der Waals surface area contributed by atoms with Crippen LogP contribution in [-0.4, -0.2) is 69.8 Å². The van der Waals surface area contributed by atoms with Crippen molar-refractivity contribution in [2.24, 2.45) is 17.8 Å². The van der Waals surface area contributed by atoms with Gasteiger partial charge in [0.25, 0.3) is 5.91 Å². The zero-order valence-electron chi connectivity index (χ0n) is 21.8. The molecule has 2 N–H and O–H groups in total. The highest BCUT2D eigenvalue weighted by molar-refractivity contribution is 6.34. The van der Waals surface area contributed by atoms with Crippen molar-refractivity contribution in [3.05, 3.63) is 41.4 Å². The summed E-state index contributed by atoms with van der Waals surface area (Å²) < 4.78 is 6.58. The Balaban J connectivity index is 1.79. The maximum atomic E-state index is 14.5. The molecule has 3 aliphatic rings. The third-order valence-electron chi connectivity index (χ3n) is 8.66. The number of amides is 2. The van der Waals surface area contributed by atoms with Crippen LogP contribution < -0.4 is 4.90 Å². The van der Waals surface area contributed by atoms with Gasteiger partial charge in [-0.15, -0.1) is 6.58 Å². The number of para-hydroxylation sites is 1. The number of benzene rings is 1. The van der Waals surface area contributed by atoms with Crippen LogP contribution in [-0.2, 0) is 19.1 Å². The molecule has 3 heterocycles. The highest BCUT2D eigenvalue weighted by Gasteiger charge is 2.80. The molecule has 3 aliphatic heterocycles. The first-order chi connectivity index (χ1) is 17.5. The summed E-state index contributed by atoms with van der Waals surface area (Å²) in [4.78, 5) is 44.1. The molecule has 4 rings (SSSR count). The Morgan fingerprint density at radius 3 is 2.62 bits per heavy atom. The van der Waals surface area contributed by atoms with E-state index in [9.17, 15) is 19.5 Å². The average Bonchev–Trinajstić information content (AvgIpc) is 3.34. The van der Waals surface area contributed by atoms with Crippen molar-refractivity contribution in [1.29, 1.82) is 0 Å². The second-order valence-electron chi connectivity index (χ2n) is 10.9. The number of aliphatic hydroxyl groups excluding tert-OH is 1. The molecular formula is C28H37ClN2O6. The number of fused-ring (bicyclic) bond motifs is 1. The zero-order valence-corrected chi connectivity index (χ0v) is 22.5. The number of nitrogens with zero attached hydrogens (tertiary/aromatic N) is 2. The Labute approximate surface area is 223 Å². The molecule has 2 amide bonds. The summed E-state index contributed by atoms with van der Waals surface area (Å²) in [6.07, 6.45) is 4.92. The topological polar surface area (TPSA) is 107 Å². The van der Waals surface area contributed by atoms with Crippen LogP contribution >= 0.6 is 11.6 Å². The molecule has 0 saturated carbocycles. The standard InChI is InChI=1S/C28H37ClN2O6/c1-5-13-30(22-17(2)11-10-12-19(22)29)25(34)23-28-16-18(3)27(4,37-28)21(26(35)36)20(28)24(33)31(23)14-8-6-7-9-15-32/h5,10-12,18,20-21,23,32H,1,6-9,13-16H2,2-4H3,(H,35,36)/t18?,20-,21-,23?,27+,28?/m0/s1. The van der Waals surface area contributed by atoms with Crippen molar-refractivity contribution in [2.75, 3.05) is 24.6 Å². The van der Waals surface area contributed by atoms with E-state index in [4.69, 9.17) is 21.4 Å². The number of carboxylic acids is 1. The van der Waals surface area contributed by atoms with Gasteiger partial charge >= 0.3 is 5.97 Å². The van der Waals surface area contributed by atoms with Crippen LogP contribution in [0.4, 0.5) is 5.69 Å². The molecule has 0 radical (unpaired) electrons. The van der Waals surface area contributed by atoms with Crippen molar-refractivity contribution in [3.8, 4) is 0 Å². The normalized spacial score (nSPS) is 32.0. The second-order valence-corrected chi connectivity index (χ2v) is 11.3. The van der Waals surface area contributed by atoms with Gasteiger partial charge in [-0.25, -0.2) is 0 Å². The number of carboxylic acid groups (broad SMARTS) is 1. The van der Waals surface area contributed by atoms with E-state index in [1.54, 1.807) is 28.9 Å². The molecule has 3 saturated heterocycles. The molecule has 1 spiro atoms. The summed E-state index contributed by atoms with van der Waals surface area (Å²) >= 11 is 6.57. The Morgan fingerprint density at radius 2 is 2.00 bits per heavy atom. The second kappa shape index (κ2) is 10.4. The number of aryl methyl sites for hydroxylation is 1. The van der Waals surface area contributed by atoms with Gasteiger partial charge in [0.15, 0.2) is 0 Å². The molecule has 1 aromatic rings. The van der Waals surface area contributed by atoms with E-state index in [-0.39, 0.29) is 30.9 Å². The number of carbonyl (C=O) groups excluding carboxylic acids is 2. The number of unbranched alkanes of at least 4 members (excludes halogenated alkanes) is 3. The van der Waals surface area contributed by atoms with Gasteiger partial charge in [-0.2, -0.15) is 0 Å². The number of hydrogen-bond acceptors (Lipinski definition) is 5. The van der Waals surface area contributed by atoms with Gasteiger partial charge in [0.05, 0.1) is 22.2 Å². The quantitative estimate of drug-likeness (QED) is 0.331. The summed E-state index contributed by atoms with van der Waals surface area (Å²) in [7, 11) is 0. The van der Waals surface area contributed by atoms with E-state index < -0.39 is 35.0 Å². The maximum absolute atomic E-state index is 14.5. The molecule has 6 atom stereocenters. The maximum Gasteiger partial charge on any atom is 0.310 e. The van der Waals surface area contributed by atoms with Gasteiger partial charge < -0.3 is 24.7 Å². The monoisotopic (exact) mass is 532 g/mol. The molecular weight excluding hydrogens is 496 g/mol. The van der Waals surface area contributed by atoms with E-state index in [1.165, 1.54) is 0 Å². The van der Waals surface area contributed by atoms with Gasteiger partial charge in [0, 0.05) is 19.7 Å². The lowest BCUT2D eigenvalue weighted by Gasteiger charge is -2.37. The van der Waals surface area contributed by atoms with Crippen molar-refractivity contribution in [3.63, 3.8) is 0 Å². The summed E-state index contributed by atoms with van der Waals surface area (Å²) in [5.74, 6) is -3.87. The number of aliphatic hydroxyl groups is 1. The smallest absolute Gasteiger partial charge is 0.310 e. The number of halogens is 1. The van der Waals surface area contributed by atoms with Crippen molar-refractivity contribution in [2.45, 2.75) is 70.1 Å². The Morgan fingerprint density at radius 1 is 1.30 bits per heavy atom. The number of hydrogen-bond donors (Lipinski definition) is 2. The fourth-order valence-corrected chi connectivity index (χ4v) is 7.24. The lowest BCUT2D eigenvalue weighted by Crippen LogP contribution is -2.57. The minimum absolute atomic E-state index is 0.104. The first kappa shape index (κ1) is 27.6. The fourth-order valence-electron chi connectivity index (χ4n) is 6.92. The predicted molar refractivity (Wildman–Crippen MR) is 140 cm³/mol. The first-order valence-electron chi connectivity index (χ1n) is 13.1. The number of anilines is 1. The Kier molecular flexibility index (Phi) is 7.75. The van der Waals surface area contributed by atoms with Gasteiger partial charge in [0.1, 0.15) is 17.6 Å². The molecule has 9 heteroatoms. The van der Waals surface area contributed by atoms with Gasteiger partial charge in [0.2, 0.25) is 5.91 Å². The van der Waals surface area contributed by atoms with Gasteiger partial charge in [-0.3, -0.25) is 14.4 Å². The number of carbonyl (C=O) groups is 3. The molecule has 8 nitrogen and oxygen atoms in total. The van der Waals surface area contributed by atoms with E-state index in [2.05, 4.69) is 6.58 Å². The van der Waals surface area contributed by atoms with Gasteiger partial charge in [-0.05, 0) is 50.7 Å². The highest BCUT2D eigenvalue weighted by Crippen LogP contribution is 2.65. The largest absolute Gasteiger partial charge is 0.481 e. The number of ether oxygens (including phenoxy) is 1. The third-order valence-corrected chi connectivity index (χ3v) is 8.96. The van der Waals surface area contributed by atoms with Gasteiger partial charge in [-0.1, -0.05) is 49.6 Å².